The Kier molecular flexibility index (Phi) is 8.92. The summed E-state index contributed by atoms with van der Waals surface area (Å²) in [6, 6.07) is 18.1. The van der Waals surface area contributed by atoms with Gasteiger partial charge in [0, 0.05) is 18.0 Å². The third-order valence-electron chi connectivity index (χ3n) is 11.5. The summed E-state index contributed by atoms with van der Waals surface area (Å²) < 4.78 is 54.9. The molecule has 56 heavy (non-hydrogen) atoms. The fourth-order valence-electron chi connectivity index (χ4n) is 9.08. The number of aromatic nitrogens is 1. The molecule has 4 amide bonds. The van der Waals surface area contributed by atoms with Crippen LogP contribution in [0.1, 0.15) is 41.1 Å². The Balaban J connectivity index is 1.28. The number of nitrogens with one attached hydrogen (secondary N) is 1. The van der Waals surface area contributed by atoms with Crippen LogP contribution < -0.4 is 10.4 Å². The summed E-state index contributed by atoms with van der Waals surface area (Å²) in [7, 11) is 1.22. The van der Waals surface area contributed by atoms with Gasteiger partial charge in [-0.2, -0.15) is 23.2 Å². The van der Waals surface area contributed by atoms with Gasteiger partial charge in [0.15, 0.2) is 5.82 Å². The lowest BCUT2D eigenvalue weighted by molar-refractivity contribution is -0.142. The number of aromatic hydroxyl groups is 1. The molecule has 0 radical (unpaired) electrons. The van der Waals surface area contributed by atoms with Crippen molar-refractivity contribution in [2.24, 2.45) is 23.7 Å². The number of fused-ring (bicyclic) bond motifs is 4. The summed E-state index contributed by atoms with van der Waals surface area (Å²) in [5, 5.41) is 13.3. The molecule has 4 aromatic rings. The van der Waals surface area contributed by atoms with Gasteiger partial charge in [0.2, 0.25) is 0 Å². The summed E-state index contributed by atoms with van der Waals surface area (Å²) in [5.41, 5.74) is 2.28. The average Bonchev–Trinajstić information content (AvgIpc) is 3.54. The number of pyridine rings is 1. The highest BCUT2D eigenvalue weighted by molar-refractivity contribution is 6.33. The van der Waals surface area contributed by atoms with Crippen LogP contribution >= 0.6 is 23.2 Å². The van der Waals surface area contributed by atoms with Crippen molar-refractivity contribution in [3.63, 3.8) is 0 Å². The van der Waals surface area contributed by atoms with Gasteiger partial charge in [-0.15, -0.1) is 0 Å². The monoisotopic (exact) mass is 807 g/mol. The second kappa shape index (κ2) is 13.3. The Hall–Kier alpha value is -5.47. The zero-order valence-electron chi connectivity index (χ0n) is 29.5. The van der Waals surface area contributed by atoms with Crippen molar-refractivity contribution in [2.45, 2.75) is 37.3 Å². The van der Waals surface area contributed by atoms with Crippen molar-refractivity contribution in [1.82, 2.24) is 15.0 Å². The number of imide groups is 2. The maximum absolute atomic E-state index is 15.2. The molecule has 4 aliphatic rings. The Morgan fingerprint density at radius 1 is 0.911 bits per heavy atom. The van der Waals surface area contributed by atoms with Crippen LogP contribution in [-0.2, 0) is 30.8 Å². The summed E-state index contributed by atoms with van der Waals surface area (Å²) in [6.45, 7) is 1.68. The van der Waals surface area contributed by atoms with E-state index in [-0.39, 0.29) is 29.3 Å². The van der Waals surface area contributed by atoms with Crippen LogP contribution in [0.25, 0.3) is 0 Å². The Labute approximate surface area is 327 Å². The number of phenols is 1. The first-order valence-corrected chi connectivity index (χ1v) is 18.3. The highest BCUT2D eigenvalue weighted by Crippen LogP contribution is 2.64. The molecule has 1 aromatic heterocycles. The Bertz CT molecular complexity index is 2360. The van der Waals surface area contributed by atoms with Crippen molar-refractivity contribution in [3.8, 4) is 5.75 Å². The number of benzene rings is 3. The van der Waals surface area contributed by atoms with E-state index in [4.69, 9.17) is 23.2 Å². The van der Waals surface area contributed by atoms with E-state index in [0.29, 0.717) is 33.4 Å². The largest absolute Gasteiger partial charge is 0.508 e. The first kappa shape index (κ1) is 37.5. The van der Waals surface area contributed by atoms with Crippen molar-refractivity contribution in [3.05, 3.63) is 129 Å². The smallest absolute Gasteiger partial charge is 0.433 e. The number of aryl methyl sites for hydroxylation is 1. The van der Waals surface area contributed by atoms with Crippen LogP contribution in [0.3, 0.4) is 0 Å². The van der Waals surface area contributed by atoms with Crippen molar-refractivity contribution < 1.29 is 41.8 Å². The van der Waals surface area contributed by atoms with Gasteiger partial charge in [-0.25, -0.2) is 9.37 Å². The number of allylic oxidation sites excluding steroid dienone is 2. The molecule has 3 fully saturated rings. The fourth-order valence-corrected chi connectivity index (χ4v) is 9.43. The van der Waals surface area contributed by atoms with Gasteiger partial charge >= 0.3 is 6.18 Å². The van der Waals surface area contributed by atoms with Crippen LogP contribution in [0.5, 0.6) is 5.75 Å². The van der Waals surface area contributed by atoms with E-state index >= 15 is 4.79 Å². The molecule has 3 heterocycles. The predicted octanol–water partition coefficient (Wildman–Crippen LogP) is 7.60. The molecule has 288 valence electrons. The number of carbonyl (C=O) groups is 4. The zero-order chi connectivity index (χ0) is 40.0. The van der Waals surface area contributed by atoms with Gasteiger partial charge in [-0.05, 0) is 97.0 Å². The number of hydrogen-bond acceptors (Lipinski definition) is 8. The van der Waals surface area contributed by atoms with Crippen LogP contribution in [0.15, 0.2) is 90.5 Å². The lowest BCUT2D eigenvalue weighted by Gasteiger charge is -2.50. The molecule has 6 atom stereocenters. The predicted molar refractivity (Wildman–Crippen MR) is 196 cm³/mol. The minimum absolute atomic E-state index is 0.0126. The summed E-state index contributed by atoms with van der Waals surface area (Å²) >= 11 is 12.6. The molecule has 1 saturated carbocycles. The Morgan fingerprint density at radius 2 is 1.61 bits per heavy atom. The van der Waals surface area contributed by atoms with E-state index in [1.54, 1.807) is 43.3 Å². The summed E-state index contributed by atoms with van der Waals surface area (Å²) in [5.74, 6) is -8.61. The van der Waals surface area contributed by atoms with Gasteiger partial charge in [-0.1, -0.05) is 59.1 Å². The number of anilines is 2. The van der Waals surface area contributed by atoms with Gasteiger partial charge in [0.05, 0.1) is 33.9 Å². The first-order chi connectivity index (χ1) is 26.5. The quantitative estimate of drug-likeness (QED) is 0.116. The number of carbonyl (C=O) groups excluding carboxylic acids is 4. The highest BCUT2D eigenvalue weighted by atomic mass is 35.5. The minimum atomic E-state index is -4.84. The van der Waals surface area contributed by atoms with Crippen LogP contribution in [0.2, 0.25) is 10.0 Å². The number of phenolic OH excluding ortho intramolecular Hbond substituents is 1. The number of amides is 4. The molecule has 6 unspecified atom stereocenters. The molecule has 2 saturated heterocycles. The number of rotatable bonds is 6. The van der Waals surface area contributed by atoms with Crippen molar-refractivity contribution in [1.29, 1.82) is 0 Å². The van der Waals surface area contributed by atoms with E-state index in [2.05, 4.69) is 10.4 Å². The third-order valence-corrected chi connectivity index (χ3v) is 12.1. The van der Waals surface area contributed by atoms with E-state index in [1.807, 2.05) is 6.08 Å². The molecule has 2 N–H and O–H groups in total. The normalized spacial score (nSPS) is 25.9. The lowest BCUT2D eigenvalue weighted by atomic mass is 9.49. The van der Waals surface area contributed by atoms with Crippen molar-refractivity contribution in [2.75, 3.05) is 17.5 Å². The molecular weight excluding hydrogens is 777 g/mol. The minimum Gasteiger partial charge on any atom is -0.508 e. The fraction of sp³-hybridized carbons (Fsp3) is 0.275. The number of alkyl halides is 3. The van der Waals surface area contributed by atoms with Gasteiger partial charge < -0.3 is 5.11 Å². The van der Waals surface area contributed by atoms with Gasteiger partial charge in [-0.3, -0.25) is 29.6 Å². The third kappa shape index (κ3) is 5.63. The molecule has 2 aliphatic carbocycles. The van der Waals surface area contributed by atoms with Crippen LogP contribution in [0.4, 0.5) is 29.1 Å². The molecule has 8 rings (SSSR count). The topological polar surface area (TPSA) is 123 Å². The average molecular weight is 809 g/mol. The number of nitrogens with zero attached hydrogens (tertiary/aromatic N) is 4. The first-order valence-electron chi connectivity index (χ1n) is 17.5. The summed E-state index contributed by atoms with van der Waals surface area (Å²) in [6.07, 6.45) is -3.07. The molecule has 0 spiro atoms. The standard InChI is InChI=1S/C40H31Cl2F4N5O5/c1-19-17-20(3-15-30(19)52)33-25-12-13-26-32(37(55)51(35(26)53)49(2)34-29(42)14-16-31(47-34)40(44,45)46)27(25)18-28-36(54)50(48-24-10-8-23(43)9-11-24)38(56)39(28,33)21-4-6-22(41)7-5-21/h3-12,14-17,26-28,32-33,48,52H,13,18H2,1-2H3. The summed E-state index contributed by atoms with van der Waals surface area (Å²) in [4.78, 5) is 62.4. The number of hydrazine groups is 2. The van der Waals surface area contributed by atoms with Gasteiger partial charge in [0.1, 0.15) is 17.3 Å². The van der Waals surface area contributed by atoms with E-state index in [9.17, 15) is 37.1 Å². The van der Waals surface area contributed by atoms with Gasteiger partial charge in [0.25, 0.3) is 23.6 Å². The lowest BCUT2D eigenvalue weighted by Crippen LogP contribution is -2.53. The molecule has 0 bridgehead atoms. The van der Waals surface area contributed by atoms with E-state index in [1.165, 1.54) is 37.4 Å². The highest BCUT2D eigenvalue weighted by Gasteiger charge is 2.70. The Morgan fingerprint density at radius 3 is 2.27 bits per heavy atom. The second-order valence-corrected chi connectivity index (χ2v) is 15.3. The SMILES string of the molecule is Cc1cc(C2C3=CCC4C(=O)N(N(C)c5nc(C(F)(F)F)ccc5Cl)C(=O)C4C3CC3C(=O)N(Nc4ccc(F)cc4)C(=O)C32c2ccc(Cl)cc2)ccc1O. The second-order valence-electron chi connectivity index (χ2n) is 14.4. The molecule has 3 aromatic carbocycles. The van der Waals surface area contributed by atoms with Crippen molar-refractivity contribution >= 4 is 58.3 Å². The molecule has 10 nitrogen and oxygen atoms in total. The maximum Gasteiger partial charge on any atom is 0.433 e. The van der Waals surface area contributed by atoms with E-state index in [0.717, 1.165) is 21.1 Å². The molecular formula is C40H31Cl2F4N5O5. The van der Waals surface area contributed by atoms with Crippen LogP contribution in [0, 0.1) is 36.4 Å². The molecule has 16 heteroatoms. The molecule has 2 aliphatic heterocycles. The van der Waals surface area contributed by atoms with E-state index < -0.39 is 82.1 Å². The van der Waals surface area contributed by atoms with Crippen LogP contribution in [-0.4, -0.2) is 50.8 Å². The number of halogens is 6. The maximum atomic E-state index is 15.2. The number of hydrogen-bond donors (Lipinski definition) is 2. The zero-order valence-corrected chi connectivity index (χ0v) is 31.0.